The van der Waals surface area contributed by atoms with E-state index < -0.39 is 10.8 Å². The number of hydrogen-bond acceptors (Lipinski definition) is 7. The van der Waals surface area contributed by atoms with Gasteiger partial charge in [-0.3, -0.25) is 14.7 Å². The number of H-pyrrole nitrogens is 1. The Labute approximate surface area is 112 Å². The van der Waals surface area contributed by atoms with E-state index in [4.69, 9.17) is 5.84 Å². The molecule has 0 atom stereocenters. The molecule has 5 N–H and O–H groups in total. The first-order valence-corrected chi connectivity index (χ1v) is 7.54. The zero-order valence-electron chi connectivity index (χ0n) is 10.2. The number of nitrogens with two attached hydrogens (primary N) is 1. The smallest absolute Gasteiger partial charge is 0.241 e. The van der Waals surface area contributed by atoms with Crippen LogP contribution in [-0.2, 0) is 10.8 Å². The second-order valence-corrected chi connectivity index (χ2v) is 6.14. The van der Waals surface area contributed by atoms with Gasteiger partial charge in [0.25, 0.3) is 0 Å². The monoisotopic (exact) mass is 281 g/mol. The van der Waals surface area contributed by atoms with Gasteiger partial charge in [-0.05, 0) is 12.8 Å². The molecule has 8 nitrogen and oxygen atoms in total. The van der Waals surface area contributed by atoms with Gasteiger partial charge in [0.1, 0.15) is 5.82 Å². The fourth-order valence-electron chi connectivity index (χ4n) is 2.14. The third-order valence-corrected chi connectivity index (χ3v) is 4.55. The minimum absolute atomic E-state index is 0.274. The lowest BCUT2D eigenvalue weighted by Gasteiger charge is -2.23. The van der Waals surface area contributed by atoms with Crippen molar-refractivity contribution in [2.24, 2.45) is 5.84 Å². The van der Waals surface area contributed by atoms with E-state index in [1.807, 2.05) is 0 Å². The van der Waals surface area contributed by atoms with Crippen LogP contribution in [0.15, 0.2) is 6.20 Å². The maximum absolute atomic E-state index is 11.3. The Hall–Kier alpha value is -1.74. The second kappa shape index (κ2) is 5.10. The van der Waals surface area contributed by atoms with E-state index in [2.05, 4.69) is 30.9 Å². The highest BCUT2D eigenvalue weighted by molar-refractivity contribution is 7.85. The van der Waals surface area contributed by atoms with Gasteiger partial charge in [0.2, 0.25) is 5.95 Å². The Balaban J connectivity index is 1.87. The SMILES string of the molecule is NNc1nc(NC2CCS(=O)CC2)c2cn[nH]c2n1. The lowest BCUT2D eigenvalue weighted by atomic mass is 10.1. The molecule has 2 aromatic rings. The van der Waals surface area contributed by atoms with Crippen LogP contribution in [0.5, 0.6) is 0 Å². The molecule has 1 saturated heterocycles. The molecule has 3 heterocycles. The Morgan fingerprint density at radius 1 is 1.37 bits per heavy atom. The fourth-order valence-corrected chi connectivity index (χ4v) is 3.44. The maximum atomic E-state index is 11.3. The van der Waals surface area contributed by atoms with Gasteiger partial charge >= 0.3 is 0 Å². The van der Waals surface area contributed by atoms with Gasteiger partial charge in [-0.1, -0.05) is 0 Å². The molecule has 102 valence electrons. The highest BCUT2D eigenvalue weighted by atomic mass is 32.2. The molecule has 2 aromatic heterocycles. The zero-order valence-corrected chi connectivity index (χ0v) is 11.0. The molecule has 1 aliphatic heterocycles. The number of hydrogen-bond donors (Lipinski definition) is 4. The zero-order chi connectivity index (χ0) is 13.2. The summed E-state index contributed by atoms with van der Waals surface area (Å²) in [4.78, 5) is 8.48. The van der Waals surface area contributed by atoms with Crippen LogP contribution in [0.3, 0.4) is 0 Å². The first kappa shape index (κ1) is 12.3. The number of fused-ring (bicyclic) bond motifs is 1. The standard InChI is InChI=1S/C10H15N7OS/c11-16-10-14-8(7-5-12-17-9(7)15-10)13-6-1-3-19(18)4-2-6/h5-6H,1-4,11H2,(H3,12,13,14,15,16,17). The molecule has 0 amide bonds. The van der Waals surface area contributed by atoms with Crippen LogP contribution >= 0.6 is 0 Å². The van der Waals surface area contributed by atoms with Crippen LogP contribution in [0.4, 0.5) is 11.8 Å². The first-order valence-electron chi connectivity index (χ1n) is 6.05. The summed E-state index contributed by atoms with van der Waals surface area (Å²) in [5.41, 5.74) is 3.06. The van der Waals surface area contributed by atoms with Crippen LogP contribution in [0.2, 0.25) is 0 Å². The number of aromatic amines is 1. The highest BCUT2D eigenvalue weighted by Crippen LogP contribution is 2.22. The Kier molecular flexibility index (Phi) is 3.30. The van der Waals surface area contributed by atoms with Gasteiger partial charge in [-0.25, -0.2) is 5.84 Å². The summed E-state index contributed by atoms with van der Waals surface area (Å²) in [5.74, 6) is 7.85. The van der Waals surface area contributed by atoms with E-state index in [0.29, 0.717) is 17.4 Å². The van der Waals surface area contributed by atoms with Gasteiger partial charge < -0.3 is 5.32 Å². The maximum Gasteiger partial charge on any atom is 0.241 e. The van der Waals surface area contributed by atoms with Crippen molar-refractivity contribution in [3.8, 4) is 0 Å². The summed E-state index contributed by atoms with van der Waals surface area (Å²) in [5, 5.41) is 10.9. The molecule has 1 aliphatic rings. The molecular formula is C10H15N7OS. The van der Waals surface area contributed by atoms with Crippen molar-refractivity contribution in [3.63, 3.8) is 0 Å². The topological polar surface area (TPSA) is 122 Å². The van der Waals surface area contributed by atoms with E-state index in [0.717, 1.165) is 29.7 Å². The summed E-state index contributed by atoms with van der Waals surface area (Å²) >= 11 is 0. The van der Waals surface area contributed by atoms with Crippen molar-refractivity contribution < 1.29 is 4.21 Å². The van der Waals surface area contributed by atoms with Crippen LogP contribution in [0.25, 0.3) is 11.0 Å². The summed E-state index contributed by atoms with van der Waals surface area (Å²) < 4.78 is 11.3. The molecule has 0 unspecified atom stereocenters. The molecule has 0 saturated carbocycles. The minimum Gasteiger partial charge on any atom is -0.366 e. The van der Waals surface area contributed by atoms with Crippen molar-refractivity contribution in [1.29, 1.82) is 0 Å². The molecule has 19 heavy (non-hydrogen) atoms. The highest BCUT2D eigenvalue weighted by Gasteiger charge is 2.19. The predicted molar refractivity (Wildman–Crippen MR) is 74.0 cm³/mol. The number of nitrogens with one attached hydrogen (secondary N) is 3. The number of rotatable bonds is 3. The average molecular weight is 281 g/mol. The molecule has 0 aromatic carbocycles. The van der Waals surface area contributed by atoms with Crippen molar-refractivity contribution >= 4 is 33.6 Å². The molecule has 0 spiro atoms. The Morgan fingerprint density at radius 2 is 2.16 bits per heavy atom. The number of anilines is 2. The Morgan fingerprint density at radius 3 is 2.89 bits per heavy atom. The average Bonchev–Trinajstić information content (AvgIpc) is 2.89. The summed E-state index contributed by atoms with van der Waals surface area (Å²) in [6.45, 7) is 0. The molecule has 9 heteroatoms. The van der Waals surface area contributed by atoms with Crippen molar-refractivity contribution in [1.82, 2.24) is 20.2 Å². The lowest BCUT2D eigenvalue weighted by Crippen LogP contribution is -2.30. The third-order valence-electron chi connectivity index (χ3n) is 3.17. The molecule has 0 bridgehead atoms. The van der Waals surface area contributed by atoms with Crippen LogP contribution < -0.4 is 16.6 Å². The van der Waals surface area contributed by atoms with Gasteiger partial charge in [0.05, 0.1) is 11.6 Å². The fraction of sp³-hybridized carbons (Fsp3) is 0.500. The quantitative estimate of drug-likeness (QED) is 0.460. The predicted octanol–water partition coefficient (Wildman–Crippen LogP) is -0.0385. The number of nitrogens with zero attached hydrogens (tertiary/aromatic N) is 3. The van der Waals surface area contributed by atoms with Gasteiger partial charge in [-0.15, -0.1) is 0 Å². The van der Waals surface area contributed by atoms with Gasteiger partial charge in [0, 0.05) is 28.3 Å². The van der Waals surface area contributed by atoms with Crippen LogP contribution in [-0.4, -0.2) is 41.9 Å². The van der Waals surface area contributed by atoms with Gasteiger partial charge in [0.15, 0.2) is 5.65 Å². The van der Waals surface area contributed by atoms with E-state index in [-0.39, 0.29) is 6.04 Å². The summed E-state index contributed by atoms with van der Waals surface area (Å²) in [6, 6.07) is 0.274. The van der Waals surface area contributed by atoms with E-state index in [1.54, 1.807) is 6.20 Å². The van der Waals surface area contributed by atoms with E-state index >= 15 is 0 Å². The summed E-state index contributed by atoms with van der Waals surface area (Å²) in [7, 11) is -0.668. The summed E-state index contributed by atoms with van der Waals surface area (Å²) in [6.07, 6.45) is 3.43. The Bertz CT molecular complexity index is 603. The number of nitrogen functional groups attached to an aromatic ring is 1. The van der Waals surface area contributed by atoms with Crippen molar-refractivity contribution in [2.45, 2.75) is 18.9 Å². The van der Waals surface area contributed by atoms with Gasteiger partial charge in [-0.2, -0.15) is 15.1 Å². The molecular weight excluding hydrogens is 266 g/mol. The number of hydrazine groups is 1. The molecule has 0 radical (unpaired) electrons. The van der Waals surface area contributed by atoms with Crippen LogP contribution in [0.1, 0.15) is 12.8 Å². The van der Waals surface area contributed by atoms with Crippen LogP contribution in [0, 0.1) is 0 Å². The lowest BCUT2D eigenvalue weighted by molar-refractivity contribution is 0.623. The second-order valence-electron chi connectivity index (χ2n) is 4.44. The van der Waals surface area contributed by atoms with E-state index in [1.165, 1.54) is 0 Å². The minimum atomic E-state index is -0.668. The number of aromatic nitrogens is 4. The largest absolute Gasteiger partial charge is 0.366 e. The molecule has 1 fully saturated rings. The van der Waals surface area contributed by atoms with Crippen molar-refractivity contribution in [2.75, 3.05) is 22.2 Å². The molecule has 0 aliphatic carbocycles. The van der Waals surface area contributed by atoms with Crippen molar-refractivity contribution in [3.05, 3.63) is 6.20 Å². The normalized spacial score (nSPS) is 23.4. The van der Waals surface area contributed by atoms with E-state index in [9.17, 15) is 4.21 Å². The third kappa shape index (κ3) is 2.51. The first-order chi connectivity index (χ1) is 9.26. The molecule has 3 rings (SSSR count).